The van der Waals surface area contributed by atoms with Crippen LogP contribution in [0.2, 0.25) is 0 Å². The fraction of sp³-hybridized carbons (Fsp3) is 0.333. The van der Waals surface area contributed by atoms with Gasteiger partial charge in [-0.05, 0) is 66.5 Å². The van der Waals surface area contributed by atoms with Crippen LogP contribution < -0.4 is 0 Å². The molecule has 0 spiro atoms. The van der Waals surface area contributed by atoms with Gasteiger partial charge < -0.3 is 0 Å². The molecule has 1 aliphatic rings. The van der Waals surface area contributed by atoms with Gasteiger partial charge in [0.2, 0.25) is 0 Å². The average Bonchev–Trinajstić information content (AvgIpc) is 2.46. The molecule has 0 saturated heterocycles. The van der Waals surface area contributed by atoms with Crippen LogP contribution in [-0.4, -0.2) is 0 Å². The van der Waals surface area contributed by atoms with Gasteiger partial charge >= 0.3 is 0 Å². The highest BCUT2D eigenvalue weighted by atomic mass is 79.9. The highest BCUT2D eigenvalue weighted by Crippen LogP contribution is 2.37. The number of hydrogen-bond acceptors (Lipinski definition) is 0. The quantitative estimate of drug-likeness (QED) is 0.539. The zero-order valence-corrected chi connectivity index (χ0v) is 14.8. The summed E-state index contributed by atoms with van der Waals surface area (Å²) in [5.74, 6) is 0. The molecule has 0 aliphatic heterocycles. The minimum absolute atomic E-state index is 0.254. The summed E-state index contributed by atoms with van der Waals surface area (Å²) >= 11 is 7.56. The third-order valence-corrected chi connectivity index (χ3v) is 5.80. The van der Waals surface area contributed by atoms with Crippen molar-refractivity contribution in [3.05, 3.63) is 68.7 Å². The molecule has 2 aromatic rings. The number of alkyl halides is 1. The third kappa shape index (κ3) is 2.87. The normalized spacial score (nSPS) is 15.8. The van der Waals surface area contributed by atoms with Crippen LogP contribution in [0.1, 0.15) is 45.5 Å². The van der Waals surface area contributed by atoms with Crippen LogP contribution in [-0.2, 0) is 12.8 Å². The van der Waals surface area contributed by atoms with Crippen molar-refractivity contribution in [2.75, 3.05) is 0 Å². The van der Waals surface area contributed by atoms with Gasteiger partial charge in [0.15, 0.2) is 0 Å². The zero-order valence-electron chi connectivity index (χ0n) is 11.6. The van der Waals surface area contributed by atoms with Gasteiger partial charge in [0.1, 0.15) is 0 Å². The summed E-state index contributed by atoms with van der Waals surface area (Å²) in [5, 5.41) is 0. The van der Waals surface area contributed by atoms with Crippen LogP contribution in [0.25, 0.3) is 0 Å². The van der Waals surface area contributed by atoms with E-state index in [0.29, 0.717) is 0 Å². The molecular formula is C18H18Br2. The van der Waals surface area contributed by atoms with Crippen LogP contribution in [0.3, 0.4) is 0 Å². The van der Waals surface area contributed by atoms with Crippen molar-refractivity contribution in [3.63, 3.8) is 0 Å². The molecule has 104 valence electrons. The first-order valence-corrected chi connectivity index (χ1v) is 8.88. The molecule has 2 heteroatoms. The van der Waals surface area contributed by atoms with Crippen LogP contribution in [0.5, 0.6) is 0 Å². The molecule has 1 unspecified atom stereocenters. The second-order valence-electron chi connectivity index (χ2n) is 5.62. The van der Waals surface area contributed by atoms with Gasteiger partial charge in [-0.2, -0.15) is 0 Å². The molecule has 0 aromatic heterocycles. The highest BCUT2D eigenvalue weighted by molar-refractivity contribution is 9.11. The summed E-state index contributed by atoms with van der Waals surface area (Å²) in [5.41, 5.74) is 7.02. The number of aryl methyl sites for hydroxylation is 3. The molecule has 0 heterocycles. The molecule has 1 aliphatic carbocycles. The summed E-state index contributed by atoms with van der Waals surface area (Å²) < 4.78 is 1.18. The lowest BCUT2D eigenvalue weighted by atomic mass is 9.89. The Labute approximate surface area is 137 Å². The Morgan fingerprint density at radius 3 is 2.45 bits per heavy atom. The van der Waals surface area contributed by atoms with E-state index in [-0.39, 0.29) is 4.83 Å². The van der Waals surface area contributed by atoms with E-state index in [0.717, 1.165) is 0 Å². The topological polar surface area (TPSA) is 0 Å². The molecule has 20 heavy (non-hydrogen) atoms. The van der Waals surface area contributed by atoms with Gasteiger partial charge in [0, 0.05) is 4.47 Å². The smallest absolute Gasteiger partial charge is 0.0655 e. The van der Waals surface area contributed by atoms with E-state index >= 15 is 0 Å². The van der Waals surface area contributed by atoms with E-state index in [1.165, 1.54) is 46.8 Å². The molecule has 3 rings (SSSR count). The Kier molecular flexibility index (Phi) is 4.32. The Balaban J connectivity index is 1.95. The highest BCUT2D eigenvalue weighted by Gasteiger charge is 2.16. The van der Waals surface area contributed by atoms with Crippen molar-refractivity contribution in [3.8, 4) is 0 Å². The maximum Gasteiger partial charge on any atom is 0.0655 e. The van der Waals surface area contributed by atoms with Crippen molar-refractivity contribution in [2.45, 2.75) is 37.4 Å². The van der Waals surface area contributed by atoms with Crippen molar-refractivity contribution in [1.82, 2.24) is 0 Å². The van der Waals surface area contributed by atoms with E-state index < -0.39 is 0 Å². The minimum Gasteiger partial charge on any atom is -0.0786 e. The minimum atomic E-state index is 0.254. The molecular weight excluding hydrogens is 376 g/mol. The maximum absolute atomic E-state index is 3.87. The Bertz CT molecular complexity index is 631. The zero-order chi connectivity index (χ0) is 14.1. The molecule has 2 aromatic carbocycles. The van der Waals surface area contributed by atoms with Crippen molar-refractivity contribution >= 4 is 31.9 Å². The second-order valence-corrected chi connectivity index (χ2v) is 7.39. The van der Waals surface area contributed by atoms with Gasteiger partial charge in [-0.15, -0.1) is 0 Å². The van der Waals surface area contributed by atoms with Gasteiger partial charge in [-0.1, -0.05) is 62.2 Å². The fourth-order valence-corrected chi connectivity index (χ4v) is 4.64. The van der Waals surface area contributed by atoms with Gasteiger partial charge in [0.05, 0.1) is 4.83 Å². The van der Waals surface area contributed by atoms with Crippen LogP contribution >= 0.6 is 31.9 Å². The van der Waals surface area contributed by atoms with E-state index in [4.69, 9.17) is 0 Å². The number of fused-ring (bicyclic) bond motifs is 1. The Morgan fingerprint density at radius 2 is 1.70 bits per heavy atom. The molecule has 0 N–H and O–H groups in total. The molecule has 0 fully saturated rings. The molecule has 0 radical (unpaired) electrons. The van der Waals surface area contributed by atoms with E-state index in [9.17, 15) is 0 Å². The predicted molar refractivity (Wildman–Crippen MR) is 92.7 cm³/mol. The van der Waals surface area contributed by atoms with Gasteiger partial charge in [0.25, 0.3) is 0 Å². The monoisotopic (exact) mass is 392 g/mol. The van der Waals surface area contributed by atoms with Gasteiger partial charge in [-0.3, -0.25) is 0 Å². The van der Waals surface area contributed by atoms with Crippen LogP contribution in [0, 0.1) is 6.92 Å². The predicted octanol–water partition coefficient (Wildman–Crippen LogP) is 6.12. The van der Waals surface area contributed by atoms with Crippen LogP contribution in [0.15, 0.2) is 40.9 Å². The molecule has 0 nitrogen and oxygen atoms in total. The van der Waals surface area contributed by atoms with E-state index in [1.807, 2.05) is 0 Å². The standard InChI is InChI=1S/C18H18Br2/c1-12-6-9-16(17(19)10-12)18(20)15-8-7-13-4-2-3-5-14(13)11-15/h6-11,18H,2-5H2,1H3. The fourth-order valence-electron chi connectivity index (χ4n) is 2.93. The largest absolute Gasteiger partial charge is 0.0786 e. The summed E-state index contributed by atoms with van der Waals surface area (Å²) in [6, 6.07) is 13.5. The van der Waals surface area contributed by atoms with Crippen molar-refractivity contribution in [1.29, 1.82) is 0 Å². The van der Waals surface area contributed by atoms with Crippen molar-refractivity contribution in [2.24, 2.45) is 0 Å². The number of halogens is 2. The summed E-state index contributed by atoms with van der Waals surface area (Å²) in [6.07, 6.45) is 5.15. The number of rotatable bonds is 2. The van der Waals surface area contributed by atoms with Gasteiger partial charge in [-0.25, -0.2) is 0 Å². The van der Waals surface area contributed by atoms with E-state index in [2.05, 4.69) is 75.2 Å². The summed E-state index contributed by atoms with van der Waals surface area (Å²) in [6.45, 7) is 2.12. The summed E-state index contributed by atoms with van der Waals surface area (Å²) in [4.78, 5) is 0.254. The Hall–Kier alpha value is -0.600. The lowest BCUT2D eigenvalue weighted by Crippen LogP contribution is -2.04. The van der Waals surface area contributed by atoms with Crippen molar-refractivity contribution < 1.29 is 0 Å². The third-order valence-electron chi connectivity index (χ3n) is 4.09. The SMILES string of the molecule is Cc1ccc(C(Br)c2ccc3c(c2)CCCC3)c(Br)c1. The first-order valence-electron chi connectivity index (χ1n) is 7.17. The maximum atomic E-state index is 3.87. The Morgan fingerprint density at radius 1 is 0.950 bits per heavy atom. The molecule has 0 saturated carbocycles. The lowest BCUT2D eigenvalue weighted by molar-refractivity contribution is 0.684. The molecule has 0 amide bonds. The molecule has 1 atom stereocenters. The first-order chi connectivity index (χ1) is 9.65. The first kappa shape index (κ1) is 14.3. The lowest BCUT2D eigenvalue weighted by Gasteiger charge is -2.19. The number of hydrogen-bond donors (Lipinski definition) is 0. The second kappa shape index (κ2) is 6.03. The average molecular weight is 394 g/mol. The summed E-state index contributed by atoms with van der Waals surface area (Å²) in [7, 11) is 0. The number of benzene rings is 2. The van der Waals surface area contributed by atoms with Crippen LogP contribution in [0.4, 0.5) is 0 Å². The molecule has 0 bridgehead atoms. The van der Waals surface area contributed by atoms with E-state index in [1.54, 1.807) is 11.1 Å².